The molecule has 0 saturated heterocycles. The van der Waals surface area contributed by atoms with Crippen LogP contribution in [0.15, 0.2) is 23.4 Å². The number of nitriles is 1. The second-order valence-electron chi connectivity index (χ2n) is 11.0. The summed E-state index contributed by atoms with van der Waals surface area (Å²) in [5.74, 6) is 2.17. The van der Waals surface area contributed by atoms with Gasteiger partial charge in [-0.05, 0) is 81.0 Å². The predicted octanol–water partition coefficient (Wildman–Crippen LogP) is 6.87. The maximum absolute atomic E-state index is 12.9. The Morgan fingerprint density at radius 2 is 2.11 bits per heavy atom. The molecule has 0 spiro atoms. The minimum Gasteiger partial charge on any atom is -0.482 e. The Kier molecular flexibility index (Phi) is 8.53. The van der Waals surface area contributed by atoms with Gasteiger partial charge in [-0.15, -0.1) is 21.5 Å². The van der Waals surface area contributed by atoms with Crippen LogP contribution in [0.3, 0.4) is 0 Å². The molecule has 4 rings (SSSR count). The summed E-state index contributed by atoms with van der Waals surface area (Å²) < 4.78 is 8.22. The first kappa shape index (κ1) is 28.2. The van der Waals surface area contributed by atoms with Gasteiger partial charge in [-0.3, -0.25) is 4.79 Å². The molecule has 2 heterocycles. The molecule has 0 bridgehead atoms. The number of aryl methyl sites for hydroxylation is 1. The van der Waals surface area contributed by atoms with Crippen LogP contribution in [0, 0.1) is 36.5 Å². The summed E-state index contributed by atoms with van der Waals surface area (Å²) in [5, 5.41) is 22.9. The van der Waals surface area contributed by atoms with E-state index < -0.39 is 0 Å². The quantitative estimate of drug-likeness (QED) is 0.307. The molecule has 7 nitrogen and oxygen atoms in total. The van der Waals surface area contributed by atoms with E-state index in [0.29, 0.717) is 28.2 Å². The zero-order valence-electron chi connectivity index (χ0n) is 23.3. The number of rotatable bonds is 8. The molecule has 1 aliphatic rings. The van der Waals surface area contributed by atoms with Crippen LogP contribution >= 0.6 is 23.1 Å². The molecule has 1 amide bonds. The van der Waals surface area contributed by atoms with E-state index in [2.05, 4.69) is 55.3 Å². The number of benzene rings is 1. The van der Waals surface area contributed by atoms with E-state index in [4.69, 9.17) is 4.74 Å². The number of carbonyl (C=O) groups is 1. The first-order valence-corrected chi connectivity index (χ1v) is 15.0. The number of thioether (sulfide) groups is 1. The van der Waals surface area contributed by atoms with Gasteiger partial charge in [0.25, 0.3) is 0 Å². The maximum Gasteiger partial charge on any atom is 0.235 e. The van der Waals surface area contributed by atoms with E-state index in [9.17, 15) is 10.1 Å². The number of anilines is 1. The average Bonchev–Trinajstić information content (AvgIpc) is 3.44. The summed E-state index contributed by atoms with van der Waals surface area (Å²) in [6, 6.07) is 8.36. The second-order valence-corrected chi connectivity index (χ2v) is 13.1. The fraction of sp³-hybridized carbons (Fsp3) is 0.517. The van der Waals surface area contributed by atoms with Gasteiger partial charge in [0.1, 0.15) is 16.8 Å². The third-order valence-corrected chi connectivity index (χ3v) is 9.61. The topological polar surface area (TPSA) is 92.8 Å². The van der Waals surface area contributed by atoms with Gasteiger partial charge < -0.3 is 14.6 Å². The zero-order valence-corrected chi connectivity index (χ0v) is 25.0. The summed E-state index contributed by atoms with van der Waals surface area (Å²) in [4.78, 5) is 14.2. The summed E-state index contributed by atoms with van der Waals surface area (Å²) >= 11 is 2.91. The molecule has 1 N–H and O–H groups in total. The number of aromatic nitrogens is 3. The van der Waals surface area contributed by atoms with Crippen LogP contribution in [0.1, 0.15) is 80.1 Å². The highest BCUT2D eigenvalue weighted by atomic mass is 32.2. The molecule has 0 fully saturated rings. The van der Waals surface area contributed by atoms with Crippen molar-refractivity contribution in [2.75, 3.05) is 11.1 Å². The van der Waals surface area contributed by atoms with Gasteiger partial charge in [-0.25, -0.2) is 0 Å². The number of ether oxygens (including phenoxy) is 1. The monoisotopic (exact) mass is 551 g/mol. The predicted molar refractivity (Wildman–Crippen MR) is 154 cm³/mol. The maximum atomic E-state index is 12.9. The van der Waals surface area contributed by atoms with Gasteiger partial charge >= 0.3 is 0 Å². The van der Waals surface area contributed by atoms with Gasteiger partial charge in [-0.1, -0.05) is 44.7 Å². The van der Waals surface area contributed by atoms with Gasteiger partial charge in [0.15, 0.2) is 17.1 Å². The molecule has 1 aliphatic carbocycles. The third kappa shape index (κ3) is 5.92. The van der Waals surface area contributed by atoms with Crippen LogP contribution in [0.5, 0.6) is 5.75 Å². The Balaban J connectivity index is 1.42. The van der Waals surface area contributed by atoms with Crippen molar-refractivity contribution in [1.82, 2.24) is 14.8 Å². The van der Waals surface area contributed by atoms with Crippen LogP contribution < -0.4 is 10.1 Å². The van der Waals surface area contributed by atoms with Gasteiger partial charge in [-0.2, -0.15) is 5.26 Å². The molecule has 2 aromatic heterocycles. The summed E-state index contributed by atoms with van der Waals surface area (Å²) in [6.45, 7) is 15.6. The Labute approximate surface area is 234 Å². The van der Waals surface area contributed by atoms with E-state index in [1.807, 2.05) is 37.5 Å². The lowest BCUT2D eigenvalue weighted by atomic mass is 9.72. The molecule has 3 aromatic rings. The highest BCUT2D eigenvalue weighted by Gasteiger charge is 2.32. The van der Waals surface area contributed by atoms with Gasteiger partial charge in [0, 0.05) is 11.4 Å². The first-order valence-electron chi connectivity index (χ1n) is 13.2. The smallest absolute Gasteiger partial charge is 0.235 e. The van der Waals surface area contributed by atoms with Gasteiger partial charge in [0.2, 0.25) is 5.91 Å². The number of thiophene rings is 1. The molecular formula is C29H37N5O2S2. The third-order valence-electron chi connectivity index (χ3n) is 7.47. The number of amides is 1. The number of hydrogen-bond donors (Lipinski definition) is 1. The average molecular weight is 552 g/mol. The Morgan fingerprint density at radius 1 is 1.34 bits per heavy atom. The zero-order chi connectivity index (χ0) is 27.6. The lowest BCUT2D eigenvalue weighted by molar-refractivity contribution is -0.113. The molecule has 0 radical (unpaired) electrons. The highest BCUT2D eigenvalue weighted by Crippen LogP contribution is 2.44. The van der Waals surface area contributed by atoms with E-state index in [1.54, 1.807) is 11.3 Å². The normalized spacial score (nSPS) is 16.0. The van der Waals surface area contributed by atoms with Crippen molar-refractivity contribution < 1.29 is 9.53 Å². The van der Waals surface area contributed by atoms with Crippen molar-refractivity contribution in [3.63, 3.8) is 0 Å². The Hall–Kier alpha value is -2.83. The lowest BCUT2D eigenvalue weighted by Gasteiger charge is -2.33. The number of nitrogens with one attached hydrogen (secondary N) is 1. The van der Waals surface area contributed by atoms with Crippen LogP contribution in [0.2, 0.25) is 0 Å². The van der Waals surface area contributed by atoms with Crippen molar-refractivity contribution in [2.45, 2.75) is 85.5 Å². The minimum atomic E-state index is -0.293. The number of fused-ring (bicyclic) bond motifs is 1. The van der Waals surface area contributed by atoms with Crippen molar-refractivity contribution in [2.24, 2.45) is 11.3 Å². The Morgan fingerprint density at radius 3 is 2.79 bits per heavy atom. The molecule has 0 saturated carbocycles. The van der Waals surface area contributed by atoms with Gasteiger partial charge in [0.05, 0.1) is 11.3 Å². The summed E-state index contributed by atoms with van der Waals surface area (Å²) in [7, 11) is 0. The molecule has 38 heavy (non-hydrogen) atoms. The largest absolute Gasteiger partial charge is 0.482 e. The van der Waals surface area contributed by atoms with E-state index in [-0.39, 0.29) is 23.2 Å². The van der Waals surface area contributed by atoms with Crippen LogP contribution in [0.4, 0.5) is 5.00 Å². The van der Waals surface area contributed by atoms with Crippen molar-refractivity contribution >= 4 is 34.0 Å². The van der Waals surface area contributed by atoms with Crippen molar-refractivity contribution in [1.29, 1.82) is 5.26 Å². The fourth-order valence-corrected chi connectivity index (χ4v) is 7.03. The molecule has 0 unspecified atom stereocenters. The summed E-state index contributed by atoms with van der Waals surface area (Å²) in [6.07, 6.45) is 2.64. The van der Waals surface area contributed by atoms with Crippen molar-refractivity contribution in [3.8, 4) is 11.8 Å². The highest BCUT2D eigenvalue weighted by molar-refractivity contribution is 7.99. The van der Waals surface area contributed by atoms with Crippen LogP contribution in [0.25, 0.3) is 0 Å². The van der Waals surface area contributed by atoms with Crippen LogP contribution in [-0.4, -0.2) is 26.4 Å². The fourth-order valence-electron chi connectivity index (χ4n) is 4.92. The van der Waals surface area contributed by atoms with Crippen LogP contribution in [-0.2, 0) is 24.2 Å². The molecule has 9 heteroatoms. The number of nitrogens with zero attached hydrogens (tertiary/aromatic N) is 4. The van der Waals surface area contributed by atoms with E-state index in [0.717, 1.165) is 42.0 Å². The standard InChI is InChI=1S/C29H37N5O2S2/c1-8-34-26(19(4)36-23-11-9-10-17(2)18(23)3)32-33-28(34)37-16-25(35)31-27-22(15-30)21-13-12-20(29(5,6)7)14-24(21)38-27/h9-11,19-20H,8,12-14,16H2,1-7H3,(H,31,35)/t19-,20-/m1/s1. The number of carbonyl (C=O) groups excluding carboxylic acids is 1. The Bertz CT molecular complexity index is 1360. The molecule has 1 aromatic carbocycles. The second kappa shape index (κ2) is 11.5. The van der Waals surface area contributed by atoms with E-state index >= 15 is 0 Å². The SMILES string of the molecule is CCn1c(SCC(=O)Nc2sc3c(c2C#N)CC[C@@H](C(C)(C)C)C3)nnc1[C@@H](C)Oc1cccc(C)c1C. The lowest BCUT2D eigenvalue weighted by Crippen LogP contribution is -2.26. The summed E-state index contributed by atoms with van der Waals surface area (Å²) in [5.41, 5.74) is 4.26. The van der Waals surface area contributed by atoms with E-state index in [1.165, 1.54) is 22.2 Å². The molecule has 0 aliphatic heterocycles. The molecular weight excluding hydrogens is 514 g/mol. The van der Waals surface area contributed by atoms with Crippen molar-refractivity contribution in [3.05, 3.63) is 51.2 Å². The molecule has 2 atom stereocenters. The number of hydrogen-bond acceptors (Lipinski definition) is 7. The molecule has 202 valence electrons. The minimum absolute atomic E-state index is 0.149. The first-order chi connectivity index (χ1) is 18.0.